The number of thiazole rings is 1. The smallest absolute Gasteiger partial charge is 0.338 e. The van der Waals surface area contributed by atoms with E-state index in [2.05, 4.69) is 31.0 Å². The molecule has 3 heterocycles. The first-order valence-electron chi connectivity index (χ1n) is 16.0. The number of methoxy groups -OCH3 is 1. The largest absolute Gasteiger partial charge is 0.497 e. The van der Waals surface area contributed by atoms with Gasteiger partial charge in [-0.05, 0) is 53.8 Å². The van der Waals surface area contributed by atoms with Crippen molar-refractivity contribution in [3.05, 3.63) is 151 Å². The summed E-state index contributed by atoms with van der Waals surface area (Å²) in [5.74, 6) is 0.547. The van der Waals surface area contributed by atoms with Crippen LogP contribution in [-0.4, -0.2) is 29.2 Å². The van der Waals surface area contributed by atoms with E-state index in [0.717, 1.165) is 38.9 Å². The molecular formula is C40H35N3O4S. The summed E-state index contributed by atoms with van der Waals surface area (Å²) < 4.78 is 13.4. The Kier molecular flexibility index (Phi) is 8.41. The molecule has 1 N–H and O–H groups in total. The molecule has 0 aliphatic carbocycles. The maximum atomic E-state index is 14.6. The van der Waals surface area contributed by atoms with Crippen molar-refractivity contribution in [3.63, 3.8) is 0 Å². The number of H-pyrrole nitrogens is 1. The summed E-state index contributed by atoms with van der Waals surface area (Å²) in [6, 6.07) is 32.9. The number of aromatic amines is 1. The zero-order chi connectivity index (χ0) is 33.4. The number of ether oxygens (including phenoxy) is 2. The van der Waals surface area contributed by atoms with Gasteiger partial charge in [-0.2, -0.15) is 0 Å². The Labute approximate surface area is 282 Å². The summed E-state index contributed by atoms with van der Waals surface area (Å²) in [5.41, 5.74) is 7.02. The summed E-state index contributed by atoms with van der Waals surface area (Å²) in [7, 11) is 1.64. The first-order chi connectivity index (χ1) is 23.4. The second kappa shape index (κ2) is 13.0. The molecule has 0 unspecified atom stereocenters. The van der Waals surface area contributed by atoms with E-state index in [1.807, 2.05) is 97.1 Å². The van der Waals surface area contributed by atoms with Gasteiger partial charge in [0.05, 0.1) is 41.3 Å². The molecule has 7 nitrogen and oxygen atoms in total. The third kappa shape index (κ3) is 5.58. The van der Waals surface area contributed by atoms with E-state index in [0.29, 0.717) is 32.3 Å². The lowest BCUT2D eigenvalue weighted by Crippen LogP contribution is -2.40. The van der Waals surface area contributed by atoms with Crippen LogP contribution in [0.1, 0.15) is 55.0 Å². The average Bonchev–Trinajstić information content (AvgIpc) is 3.64. The summed E-state index contributed by atoms with van der Waals surface area (Å²) in [4.78, 5) is 37.6. The maximum absolute atomic E-state index is 14.6. The minimum Gasteiger partial charge on any atom is -0.497 e. The Hall–Kier alpha value is -5.47. The van der Waals surface area contributed by atoms with Crippen LogP contribution in [0.3, 0.4) is 0 Å². The van der Waals surface area contributed by atoms with Crippen molar-refractivity contribution in [1.82, 2.24) is 9.55 Å². The lowest BCUT2D eigenvalue weighted by Gasteiger charge is -2.26. The van der Waals surface area contributed by atoms with Crippen LogP contribution in [0.15, 0.2) is 118 Å². The Morgan fingerprint density at radius 3 is 2.29 bits per heavy atom. The minimum atomic E-state index is -0.740. The van der Waals surface area contributed by atoms with Gasteiger partial charge in [0.1, 0.15) is 5.75 Å². The normalized spacial score (nSPS) is 14.7. The number of nitrogens with zero attached hydrogens (tertiary/aromatic N) is 2. The molecule has 1 aliphatic rings. The summed E-state index contributed by atoms with van der Waals surface area (Å²) in [5, 5.41) is 0.928. The van der Waals surface area contributed by atoms with Crippen molar-refractivity contribution in [2.24, 2.45) is 4.99 Å². The molecule has 0 bridgehead atoms. The monoisotopic (exact) mass is 653 g/mol. The molecule has 6 aromatic rings. The highest BCUT2D eigenvalue weighted by atomic mass is 32.1. The molecule has 8 heteroatoms. The van der Waals surface area contributed by atoms with Gasteiger partial charge in [0.2, 0.25) is 0 Å². The number of benzene rings is 4. The Morgan fingerprint density at radius 1 is 0.958 bits per heavy atom. The van der Waals surface area contributed by atoms with Gasteiger partial charge in [-0.15, -0.1) is 0 Å². The van der Waals surface area contributed by atoms with Crippen LogP contribution in [0.4, 0.5) is 0 Å². The highest BCUT2D eigenvalue weighted by molar-refractivity contribution is 7.07. The van der Waals surface area contributed by atoms with Crippen LogP contribution in [0.5, 0.6) is 5.75 Å². The van der Waals surface area contributed by atoms with Crippen molar-refractivity contribution < 1.29 is 14.3 Å². The van der Waals surface area contributed by atoms with Crippen LogP contribution in [0, 0.1) is 0 Å². The first-order valence-corrected chi connectivity index (χ1v) is 16.8. The van der Waals surface area contributed by atoms with Gasteiger partial charge in [0.25, 0.3) is 5.56 Å². The van der Waals surface area contributed by atoms with Crippen LogP contribution < -0.4 is 19.6 Å². The molecule has 0 spiro atoms. The zero-order valence-corrected chi connectivity index (χ0v) is 28.0. The molecule has 48 heavy (non-hydrogen) atoms. The summed E-state index contributed by atoms with van der Waals surface area (Å²) in [6.45, 7) is 6.25. The molecule has 240 valence electrons. The van der Waals surface area contributed by atoms with Gasteiger partial charge >= 0.3 is 5.97 Å². The van der Waals surface area contributed by atoms with E-state index >= 15 is 0 Å². The summed E-state index contributed by atoms with van der Waals surface area (Å²) >= 11 is 1.31. The van der Waals surface area contributed by atoms with Crippen molar-refractivity contribution in [3.8, 4) is 17.0 Å². The fourth-order valence-corrected chi connectivity index (χ4v) is 7.23. The minimum absolute atomic E-state index is 0.195. The second-order valence-electron chi connectivity index (χ2n) is 11.9. The molecule has 4 aromatic carbocycles. The van der Waals surface area contributed by atoms with Crippen molar-refractivity contribution >= 4 is 40.0 Å². The molecule has 0 radical (unpaired) electrons. The lowest BCUT2D eigenvalue weighted by atomic mass is 9.91. The molecule has 0 saturated carbocycles. The number of esters is 1. The Morgan fingerprint density at radius 2 is 1.65 bits per heavy atom. The van der Waals surface area contributed by atoms with E-state index in [-0.39, 0.29) is 12.2 Å². The highest BCUT2D eigenvalue weighted by Gasteiger charge is 2.35. The number of hydrogen-bond acceptors (Lipinski definition) is 6. The maximum Gasteiger partial charge on any atom is 0.338 e. The Balaban J connectivity index is 1.53. The highest BCUT2D eigenvalue weighted by Crippen LogP contribution is 2.36. The standard InChI is InChI=1S/C40H35N3O4S/c1-5-47-39(45)34-36(27-14-10-7-11-15-27)42-40-43(37(34)28-18-16-25(17-19-28)24(2)3)38(44)33(48-40)23-31-30-22-29(46-4)20-21-32(30)41-35(31)26-12-8-6-9-13-26/h6-24,37,41H,5H2,1-4H3/b33-23-/t37-/m0/s1. The number of rotatable bonds is 8. The quantitative estimate of drug-likeness (QED) is 0.176. The summed E-state index contributed by atoms with van der Waals surface area (Å²) in [6.07, 6.45) is 1.93. The van der Waals surface area contributed by atoms with E-state index < -0.39 is 12.0 Å². The molecule has 0 fully saturated rings. The van der Waals surface area contributed by atoms with Gasteiger partial charge in [-0.25, -0.2) is 9.79 Å². The first kappa shape index (κ1) is 31.1. The van der Waals surface area contributed by atoms with Gasteiger partial charge < -0.3 is 14.5 Å². The third-order valence-corrected chi connectivity index (χ3v) is 9.66. The van der Waals surface area contributed by atoms with E-state index in [1.165, 1.54) is 16.9 Å². The Bertz CT molecular complexity index is 2350. The van der Waals surface area contributed by atoms with Crippen LogP contribution in [0.2, 0.25) is 0 Å². The van der Waals surface area contributed by atoms with Crippen LogP contribution in [0.25, 0.3) is 33.9 Å². The van der Waals surface area contributed by atoms with Gasteiger partial charge in [0.15, 0.2) is 4.80 Å². The third-order valence-electron chi connectivity index (χ3n) is 8.68. The number of fused-ring (bicyclic) bond motifs is 2. The predicted octanol–water partition coefficient (Wildman–Crippen LogP) is 7.22. The molecule has 0 amide bonds. The number of hydrogen-bond donors (Lipinski definition) is 1. The molecular weight excluding hydrogens is 619 g/mol. The van der Waals surface area contributed by atoms with E-state index in [1.54, 1.807) is 18.6 Å². The van der Waals surface area contributed by atoms with Gasteiger partial charge in [-0.1, -0.05) is 110 Å². The fraction of sp³-hybridized carbons (Fsp3) is 0.175. The lowest BCUT2D eigenvalue weighted by molar-refractivity contribution is -0.138. The van der Waals surface area contributed by atoms with Crippen LogP contribution in [-0.2, 0) is 9.53 Å². The molecule has 7 rings (SSSR count). The molecule has 1 aliphatic heterocycles. The fourth-order valence-electron chi connectivity index (χ4n) is 6.25. The zero-order valence-electron chi connectivity index (χ0n) is 27.2. The van der Waals surface area contributed by atoms with Crippen LogP contribution >= 0.6 is 11.3 Å². The SMILES string of the molecule is CCOC(=O)C1=C(c2ccccc2)N=c2s/c(=C\c3c(-c4ccccc4)[nH]c4ccc(OC)cc34)c(=O)n2[C@H]1c1ccc(C(C)C)cc1. The van der Waals surface area contributed by atoms with Gasteiger partial charge in [0, 0.05) is 22.0 Å². The number of carbonyl (C=O) groups excluding carboxylic acids is 1. The number of aromatic nitrogens is 2. The topological polar surface area (TPSA) is 85.7 Å². The predicted molar refractivity (Wildman–Crippen MR) is 192 cm³/mol. The molecule has 0 saturated heterocycles. The number of nitrogens with one attached hydrogen (secondary N) is 1. The molecule has 1 atom stereocenters. The van der Waals surface area contributed by atoms with Crippen molar-refractivity contribution in [1.29, 1.82) is 0 Å². The second-order valence-corrected chi connectivity index (χ2v) is 13.0. The average molecular weight is 654 g/mol. The van der Waals surface area contributed by atoms with E-state index in [9.17, 15) is 9.59 Å². The van der Waals surface area contributed by atoms with Crippen molar-refractivity contribution in [2.75, 3.05) is 13.7 Å². The van der Waals surface area contributed by atoms with E-state index in [4.69, 9.17) is 14.5 Å². The van der Waals surface area contributed by atoms with Gasteiger partial charge in [-0.3, -0.25) is 9.36 Å². The molecule has 2 aromatic heterocycles. The number of carbonyl (C=O) groups is 1. The van der Waals surface area contributed by atoms with Crippen molar-refractivity contribution in [2.45, 2.75) is 32.7 Å².